The highest BCUT2D eigenvalue weighted by atomic mass is 79.9. The Labute approximate surface area is 88.6 Å². The van der Waals surface area contributed by atoms with Crippen molar-refractivity contribution in [2.24, 2.45) is 11.8 Å². The lowest BCUT2D eigenvalue weighted by molar-refractivity contribution is -0.124. The molecule has 0 spiro atoms. The summed E-state index contributed by atoms with van der Waals surface area (Å²) < 4.78 is 0. The molecular formula is C10H18BrNO. The normalized spacial score (nSPS) is 28.0. The van der Waals surface area contributed by atoms with Crippen LogP contribution in [0.25, 0.3) is 0 Å². The molecule has 2 atom stereocenters. The highest BCUT2D eigenvalue weighted by Gasteiger charge is 2.22. The van der Waals surface area contributed by atoms with Crippen LogP contribution in [0.3, 0.4) is 0 Å². The second-order valence-corrected chi connectivity index (χ2v) is 5.47. The van der Waals surface area contributed by atoms with Crippen molar-refractivity contribution in [1.82, 2.24) is 5.32 Å². The zero-order chi connectivity index (χ0) is 9.84. The molecular weight excluding hydrogens is 230 g/mol. The molecule has 2 nitrogen and oxygen atoms in total. The molecule has 1 saturated carbocycles. The van der Waals surface area contributed by atoms with E-state index >= 15 is 0 Å². The Bertz CT molecular complexity index is 182. The molecule has 1 aliphatic rings. The molecule has 1 fully saturated rings. The van der Waals surface area contributed by atoms with E-state index in [0.29, 0.717) is 10.7 Å². The highest BCUT2D eigenvalue weighted by molar-refractivity contribution is 9.09. The molecule has 2 unspecified atom stereocenters. The molecule has 0 bridgehead atoms. The minimum atomic E-state index is 0.112. The maximum absolute atomic E-state index is 11.3. The van der Waals surface area contributed by atoms with E-state index in [1.54, 1.807) is 0 Å². The maximum atomic E-state index is 11.3. The number of rotatable bonds is 3. The molecule has 0 saturated heterocycles. The van der Waals surface area contributed by atoms with Gasteiger partial charge in [-0.25, -0.2) is 0 Å². The number of nitrogens with one attached hydrogen (secondary N) is 1. The number of hydrogen-bond acceptors (Lipinski definition) is 1. The molecule has 1 aliphatic carbocycles. The van der Waals surface area contributed by atoms with Crippen molar-refractivity contribution in [3.05, 3.63) is 0 Å². The molecule has 0 radical (unpaired) electrons. The van der Waals surface area contributed by atoms with Gasteiger partial charge in [-0.2, -0.15) is 0 Å². The summed E-state index contributed by atoms with van der Waals surface area (Å²) >= 11 is 3.60. The molecule has 0 aromatic carbocycles. The first-order valence-corrected chi connectivity index (χ1v) is 5.93. The summed E-state index contributed by atoms with van der Waals surface area (Å²) in [6, 6.07) is 0. The van der Waals surface area contributed by atoms with Crippen molar-refractivity contribution >= 4 is 21.8 Å². The Balaban J connectivity index is 2.16. The largest absolute Gasteiger partial charge is 0.356 e. The lowest BCUT2D eigenvalue weighted by Gasteiger charge is -2.12. The molecule has 1 rings (SSSR count). The fourth-order valence-electron chi connectivity index (χ4n) is 1.65. The summed E-state index contributed by atoms with van der Waals surface area (Å²) in [6.07, 6.45) is 3.70. The van der Waals surface area contributed by atoms with Crippen molar-refractivity contribution in [3.8, 4) is 0 Å². The van der Waals surface area contributed by atoms with Crippen LogP contribution in [0.5, 0.6) is 0 Å². The molecule has 1 N–H and O–H groups in total. The van der Waals surface area contributed by atoms with Gasteiger partial charge in [0.1, 0.15) is 0 Å². The van der Waals surface area contributed by atoms with E-state index in [4.69, 9.17) is 0 Å². The average molecular weight is 248 g/mol. The van der Waals surface area contributed by atoms with E-state index in [9.17, 15) is 4.79 Å². The maximum Gasteiger partial charge on any atom is 0.222 e. The molecule has 76 valence electrons. The Morgan fingerprint density at radius 3 is 2.69 bits per heavy atom. The summed E-state index contributed by atoms with van der Waals surface area (Å²) in [7, 11) is 0. The number of halogens is 1. The van der Waals surface area contributed by atoms with Gasteiger partial charge >= 0.3 is 0 Å². The van der Waals surface area contributed by atoms with Crippen molar-refractivity contribution in [2.75, 3.05) is 6.54 Å². The van der Waals surface area contributed by atoms with Crippen LogP contribution in [0, 0.1) is 11.8 Å². The first-order chi connectivity index (χ1) is 6.09. The zero-order valence-corrected chi connectivity index (χ0v) is 9.93. The van der Waals surface area contributed by atoms with Gasteiger partial charge in [-0.1, -0.05) is 29.8 Å². The SMILES string of the molecule is CC(C)C(=O)NCC1CCC(Br)C1. The fourth-order valence-corrected chi connectivity index (χ4v) is 2.44. The second kappa shape index (κ2) is 4.99. The van der Waals surface area contributed by atoms with Gasteiger partial charge in [0.15, 0.2) is 0 Å². The van der Waals surface area contributed by atoms with Crippen LogP contribution < -0.4 is 5.32 Å². The summed E-state index contributed by atoms with van der Waals surface area (Å²) in [5, 5.41) is 2.98. The van der Waals surface area contributed by atoms with Gasteiger partial charge in [0.05, 0.1) is 0 Å². The predicted molar refractivity (Wildman–Crippen MR) is 57.9 cm³/mol. The topological polar surface area (TPSA) is 29.1 Å². The van der Waals surface area contributed by atoms with E-state index in [2.05, 4.69) is 21.2 Å². The average Bonchev–Trinajstić information content (AvgIpc) is 2.47. The summed E-state index contributed by atoms with van der Waals surface area (Å²) in [4.78, 5) is 11.9. The first kappa shape index (κ1) is 11.0. The van der Waals surface area contributed by atoms with Gasteiger partial charge in [-0.15, -0.1) is 0 Å². The quantitative estimate of drug-likeness (QED) is 0.763. The van der Waals surface area contributed by atoms with Crippen LogP contribution in [0.1, 0.15) is 33.1 Å². The highest BCUT2D eigenvalue weighted by Crippen LogP contribution is 2.29. The van der Waals surface area contributed by atoms with Crippen LogP contribution in [0.15, 0.2) is 0 Å². The summed E-state index contributed by atoms with van der Waals surface area (Å²) in [6.45, 7) is 4.72. The third-order valence-electron chi connectivity index (χ3n) is 2.57. The lowest BCUT2D eigenvalue weighted by Crippen LogP contribution is -2.31. The Morgan fingerprint density at radius 2 is 2.23 bits per heavy atom. The van der Waals surface area contributed by atoms with Crippen molar-refractivity contribution in [2.45, 2.75) is 37.9 Å². The van der Waals surface area contributed by atoms with E-state index < -0.39 is 0 Å². The monoisotopic (exact) mass is 247 g/mol. The predicted octanol–water partition coefficient (Wildman–Crippen LogP) is 2.32. The second-order valence-electron chi connectivity index (χ2n) is 4.18. The third kappa shape index (κ3) is 3.67. The van der Waals surface area contributed by atoms with Crippen molar-refractivity contribution in [1.29, 1.82) is 0 Å². The van der Waals surface area contributed by atoms with E-state index in [1.807, 2.05) is 13.8 Å². The van der Waals surface area contributed by atoms with E-state index in [0.717, 1.165) is 6.54 Å². The standard InChI is InChI=1S/C10H18BrNO/c1-7(2)10(13)12-6-8-3-4-9(11)5-8/h7-9H,3-6H2,1-2H3,(H,12,13). The van der Waals surface area contributed by atoms with Gasteiger partial charge < -0.3 is 5.32 Å². The van der Waals surface area contributed by atoms with E-state index in [1.165, 1.54) is 19.3 Å². The van der Waals surface area contributed by atoms with Crippen LogP contribution in [-0.2, 0) is 4.79 Å². The molecule has 3 heteroatoms. The van der Waals surface area contributed by atoms with Gasteiger partial charge in [-0.3, -0.25) is 4.79 Å². The van der Waals surface area contributed by atoms with Crippen molar-refractivity contribution in [3.63, 3.8) is 0 Å². The Kier molecular flexibility index (Phi) is 4.23. The van der Waals surface area contributed by atoms with Crippen LogP contribution in [0.2, 0.25) is 0 Å². The minimum absolute atomic E-state index is 0.112. The summed E-state index contributed by atoms with van der Waals surface area (Å²) in [5.74, 6) is 0.978. The first-order valence-electron chi connectivity index (χ1n) is 5.01. The van der Waals surface area contributed by atoms with Crippen LogP contribution in [-0.4, -0.2) is 17.3 Å². The van der Waals surface area contributed by atoms with Gasteiger partial charge in [-0.05, 0) is 25.2 Å². The van der Waals surface area contributed by atoms with Crippen LogP contribution in [0.4, 0.5) is 0 Å². The molecule has 1 amide bonds. The third-order valence-corrected chi connectivity index (χ3v) is 3.40. The number of carbonyl (C=O) groups is 1. The Hall–Kier alpha value is -0.0500. The summed E-state index contributed by atoms with van der Waals surface area (Å²) in [5.41, 5.74) is 0. The van der Waals surface area contributed by atoms with Gasteiger partial charge in [0.25, 0.3) is 0 Å². The van der Waals surface area contributed by atoms with Gasteiger partial charge in [0.2, 0.25) is 5.91 Å². The number of hydrogen-bond donors (Lipinski definition) is 1. The number of alkyl halides is 1. The minimum Gasteiger partial charge on any atom is -0.356 e. The molecule has 0 aromatic heterocycles. The van der Waals surface area contributed by atoms with Crippen LogP contribution >= 0.6 is 15.9 Å². The molecule has 0 aromatic rings. The van der Waals surface area contributed by atoms with E-state index in [-0.39, 0.29) is 11.8 Å². The smallest absolute Gasteiger partial charge is 0.222 e. The number of carbonyl (C=O) groups excluding carboxylic acids is 1. The molecule has 13 heavy (non-hydrogen) atoms. The molecule has 0 aliphatic heterocycles. The molecule has 0 heterocycles. The Morgan fingerprint density at radius 1 is 1.54 bits per heavy atom. The van der Waals surface area contributed by atoms with Crippen molar-refractivity contribution < 1.29 is 4.79 Å². The van der Waals surface area contributed by atoms with Gasteiger partial charge in [0, 0.05) is 17.3 Å². The zero-order valence-electron chi connectivity index (χ0n) is 8.35. The fraction of sp³-hybridized carbons (Fsp3) is 0.900. The number of amides is 1. The lowest BCUT2D eigenvalue weighted by atomic mass is 10.1.